The largest absolute Gasteiger partial charge is 0.508 e. The van der Waals surface area contributed by atoms with Crippen LogP contribution in [0, 0.1) is 22.7 Å². The summed E-state index contributed by atoms with van der Waals surface area (Å²) in [5.41, 5.74) is 6.07. The van der Waals surface area contributed by atoms with Gasteiger partial charge in [0.2, 0.25) is 0 Å². The molecule has 1 spiro atoms. The Hall–Kier alpha value is -2.81. The Labute approximate surface area is 236 Å². The van der Waals surface area contributed by atoms with Gasteiger partial charge in [-0.2, -0.15) is 0 Å². The standard InChI is InChI=1S/C31H44N2O7/c1-17-9-10-24-29(3,4)25(39-18(2)34)11-12-31(24)30(17,5)15-20-23(35)14-19-21(26(20)40-31)16-33(27(19)36)22(28(37)38)8-6-7-13-32/h14,17,22,24-25,35H,6-13,15-16,32H2,1-5H3,(H,37,38)/t17-,22?,24-,25+,30+,31-/m0/s1. The molecule has 2 heterocycles. The number of esters is 1. The van der Waals surface area contributed by atoms with E-state index in [1.807, 2.05) is 0 Å². The van der Waals surface area contributed by atoms with Crippen LogP contribution in [0.5, 0.6) is 11.5 Å². The van der Waals surface area contributed by atoms with Crippen molar-refractivity contribution in [3.05, 3.63) is 22.8 Å². The number of nitrogens with two attached hydrogens (primary N) is 1. The molecule has 220 valence electrons. The Bertz CT molecular complexity index is 1230. The average Bonchev–Trinajstić information content (AvgIpc) is 3.19. The van der Waals surface area contributed by atoms with Crippen LogP contribution in [0.25, 0.3) is 0 Å². The van der Waals surface area contributed by atoms with E-state index < -0.39 is 23.5 Å². The Morgan fingerprint density at radius 3 is 2.58 bits per heavy atom. The molecule has 1 aromatic rings. The summed E-state index contributed by atoms with van der Waals surface area (Å²) in [7, 11) is 0. The predicted molar refractivity (Wildman–Crippen MR) is 148 cm³/mol. The highest BCUT2D eigenvalue weighted by Crippen LogP contribution is 2.67. The number of aliphatic carboxylic acids is 1. The average molecular weight is 557 g/mol. The molecule has 2 fully saturated rings. The molecule has 5 rings (SSSR count). The van der Waals surface area contributed by atoms with Crippen molar-refractivity contribution in [2.75, 3.05) is 6.54 Å². The minimum atomic E-state index is -1.05. The first-order valence-corrected chi connectivity index (χ1v) is 14.8. The van der Waals surface area contributed by atoms with Gasteiger partial charge in [0.1, 0.15) is 29.2 Å². The molecule has 4 aliphatic rings. The maximum Gasteiger partial charge on any atom is 0.326 e. The normalized spacial score (nSPS) is 32.7. The minimum absolute atomic E-state index is 0.0252. The van der Waals surface area contributed by atoms with Gasteiger partial charge in [0.15, 0.2) is 0 Å². The number of rotatable bonds is 7. The number of phenols is 1. The summed E-state index contributed by atoms with van der Waals surface area (Å²) < 4.78 is 13.0. The summed E-state index contributed by atoms with van der Waals surface area (Å²) in [4.78, 5) is 39.2. The van der Waals surface area contributed by atoms with Gasteiger partial charge >= 0.3 is 11.9 Å². The number of amides is 1. The zero-order chi connectivity index (χ0) is 29.2. The molecule has 40 heavy (non-hydrogen) atoms. The molecule has 2 aliphatic carbocycles. The number of unbranched alkanes of at least 4 members (excludes halogenated alkanes) is 1. The van der Waals surface area contributed by atoms with Gasteiger partial charge in [0.25, 0.3) is 5.91 Å². The van der Waals surface area contributed by atoms with Gasteiger partial charge < -0.3 is 30.3 Å². The van der Waals surface area contributed by atoms with E-state index in [1.54, 1.807) is 0 Å². The maximum atomic E-state index is 13.6. The van der Waals surface area contributed by atoms with Gasteiger partial charge in [-0.1, -0.05) is 27.7 Å². The fourth-order valence-corrected chi connectivity index (χ4v) is 8.60. The highest BCUT2D eigenvalue weighted by molar-refractivity contribution is 6.02. The van der Waals surface area contributed by atoms with E-state index in [-0.39, 0.29) is 41.1 Å². The minimum Gasteiger partial charge on any atom is -0.508 e. The number of hydrogen-bond donors (Lipinski definition) is 3. The van der Waals surface area contributed by atoms with E-state index >= 15 is 0 Å². The summed E-state index contributed by atoms with van der Waals surface area (Å²) in [5, 5.41) is 21.2. The van der Waals surface area contributed by atoms with Gasteiger partial charge in [-0.05, 0) is 69.9 Å². The first-order valence-electron chi connectivity index (χ1n) is 14.8. The van der Waals surface area contributed by atoms with Crippen molar-refractivity contribution in [2.24, 2.45) is 28.4 Å². The Morgan fingerprint density at radius 1 is 1.20 bits per heavy atom. The summed E-state index contributed by atoms with van der Waals surface area (Å²) in [6, 6.07) is 0.531. The van der Waals surface area contributed by atoms with Crippen LogP contribution in [-0.2, 0) is 27.3 Å². The van der Waals surface area contributed by atoms with E-state index in [2.05, 4.69) is 27.7 Å². The molecule has 9 heteroatoms. The van der Waals surface area contributed by atoms with Crippen molar-refractivity contribution in [3.63, 3.8) is 0 Å². The predicted octanol–water partition coefficient (Wildman–Crippen LogP) is 4.41. The number of phenolic OH excluding ortho intramolecular Hbond substituents is 1. The fraction of sp³-hybridized carbons (Fsp3) is 0.710. The van der Waals surface area contributed by atoms with E-state index in [0.717, 1.165) is 12.8 Å². The number of hydrogen-bond acceptors (Lipinski definition) is 7. The highest BCUT2D eigenvalue weighted by atomic mass is 16.5. The molecule has 2 aliphatic heterocycles. The molecular formula is C31H44N2O7. The second kappa shape index (κ2) is 9.93. The smallest absolute Gasteiger partial charge is 0.326 e. The van der Waals surface area contributed by atoms with Gasteiger partial charge in [-0.3, -0.25) is 9.59 Å². The molecule has 0 aromatic heterocycles. The Morgan fingerprint density at radius 2 is 1.93 bits per heavy atom. The number of ether oxygens (including phenoxy) is 2. The zero-order valence-corrected chi connectivity index (χ0v) is 24.4. The lowest BCUT2D eigenvalue weighted by molar-refractivity contribution is -0.238. The molecule has 1 aromatic carbocycles. The molecule has 2 saturated carbocycles. The van der Waals surface area contributed by atoms with Gasteiger partial charge in [-0.25, -0.2) is 4.79 Å². The SMILES string of the molecule is CC(=O)O[C@@H]1CC[C@@]23Oc4c(c(O)cc5c4CN(C(CCCCN)C(=O)O)C5=O)C[C@]2(C)[C@@H](C)CC[C@H]3C1(C)C. The van der Waals surface area contributed by atoms with E-state index in [4.69, 9.17) is 15.2 Å². The summed E-state index contributed by atoms with van der Waals surface area (Å²) in [5.74, 6) is -0.751. The molecule has 0 bridgehead atoms. The topological polar surface area (TPSA) is 139 Å². The van der Waals surface area contributed by atoms with Crippen molar-refractivity contribution in [3.8, 4) is 11.5 Å². The number of carbonyl (C=O) groups is 3. The van der Waals surface area contributed by atoms with Crippen molar-refractivity contribution >= 4 is 17.8 Å². The third-order valence-corrected chi connectivity index (χ3v) is 11.0. The highest BCUT2D eigenvalue weighted by Gasteiger charge is 2.68. The lowest BCUT2D eigenvalue weighted by atomic mass is 9.43. The van der Waals surface area contributed by atoms with Crippen molar-refractivity contribution in [1.82, 2.24) is 4.90 Å². The summed E-state index contributed by atoms with van der Waals surface area (Å²) in [6.45, 7) is 10.9. The van der Waals surface area contributed by atoms with Crippen molar-refractivity contribution < 1.29 is 34.1 Å². The van der Waals surface area contributed by atoms with Crippen LogP contribution in [0.15, 0.2) is 6.07 Å². The molecule has 1 amide bonds. The number of carboxylic acid groups (broad SMARTS) is 1. The Kier molecular flexibility index (Phi) is 7.12. The maximum absolute atomic E-state index is 13.6. The van der Waals surface area contributed by atoms with Crippen LogP contribution in [0.3, 0.4) is 0 Å². The van der Waals surface area contributed by atoms with Crippen LogP contribution in [0.1, 0.15) is 101 Å². The van der Waals surface area contributed by atoms with Crippen molar-refractivity contribution in [1.29, 1.82) is 0 Å². The molecule has 6 atom stereocenters. The molecule has 0 radical (unpaired) electrons. The number of carboxylic acids is 1. The van der Waals surface area contributed by atoms with Crippen LogP contribution in [-0.4, -0.2) is 57.3 Å². The first kappa shape index (κ1) is 28.7. The molecule has 9 nitrogen and oxygen atoms in total. The molecule has 4 N–H and O–H groups in total. The second-order valence-corrected chi connectivity index (χ2v) is 13.4. The van der Waals surface area contributed by atoms with Gasteiger partial charge in [0, 0.05) is 34.8 Å². The summed E-state index contributed by atoms with van der Waals surface area (Å²) in [6.07, 6.45) is 5.25. The van der Waals surface area contributed by atoms with Gasteiger partial charge in [-0.15, -0.1) is 0 Å². The number of aromatic hydroxyl groups is 1. The van der Waals surface area contributed by atoms with Crippen LogP contribution < -0.4 is 10.5 Å². The van der Waals surface area contributed by atoms with Crippen LogP contribution >= 0.6 is 0 Å². The number of fused-ring (bicyclic) bond motifs is 3. The first-order chi connectivity index (χ1) is 18.8. The third-order valence-electron chi connectivity index (χ3n) is 11.0. The van der Waals surface area contributed by atoms with Crippen LogP contribution in [0.2, 0.25) is 0 Å². The van der Waals surface area contributed by atoms with Gasteiger partial charge in [0.05, 0.1) is 12.1 Å². The number of benzene rings is 1. The third kappa shape index (κ3) is 4.10. The molecule has 0 saturated heterocycles. The lowest BCUT2D eigenvalue weighted by Gasteiger charge is -2.67. The van der Waals surface area contributed by atoms with Crippen molar-refractivity contribution in [2.45, 2.75) is 110 Å². The number of carbonyl (C=O) groups excluding carboxylic acids is 2. The van der Waals surface area contributed by atoms with E-state index in [0.29, 0.717) is 73.4 Å². The fourth-order valence-electron chi connectivity index (χ4n) is 8.60. The van der Waals surface area contributed by atoms with E-state index in [9.17, 15) is 24.6 Å². The summed E-state index contributed by atoms with van der Waals surface area (Å²) >= 11 is 0. The monoisotopic (exact) mass is 556 g/mol. The second-order valence-electron chi connectivity index (χ2n) is 13.4. The Balaban J connectivity index is 1.58. The van der Waals surface area contributed by atoms with Crippen LogP contribution in [0.4, 0.5) is 0 Å². The van der Waals surface area contributed by atoms with E-state index in [1.165, 1.54) is 17.9 Å². The zero-order valence-electron chi connectivity index (χ0n) is 24.4. The lowest BCUT2D eigenvalue weighted by Crippen LogP contribution is -2.70. The quantitative estimate of drug-likeness (QED) is 0.332. The molecule has 1 unspecified atom stereocenters. The number of nitrogens with zero attached hydrogens (tertiary/aromatic N) is 1. The molecular weight excluding hydrogens is 512 g/mol.